The van der Waals surface area contributed by atoms with Gasteiger partial charge in [-0.25, -0.2) is 0 Å². The van der Waals surface area contributed by atoms with Crippen LogP contribution in [0.25, 0.3) is 0 Å². The highest BCUT2D eigenvalue weighted by Crippen LogP contribution is 1.97. The molecule has 0 heterocycles. The van der Waals surface area contributed by atoms with Crippen LogP contribution >= 0.6 is 0 Å². The number of amides is 2. The van der Waals surface area contributed by atoms with Crippen molar-refractivity contribution in [3.8, 4) is 0 Å². The Morgan fingerprint density at radius 1 is 1.16 bits per heavy atom. The first-order chi connectivity index (χ1) is 9.04. The van der Waals surface area contributed by atoms with E-state index >= 15 is 0 Å². The van der Waals surface area contributed by atoms with Crippen molar-refractivity contribution >= 4 is 17.8 Å². The van der Waals surface area contributed by atoms with Gasteiger partial charge in [-0.15, -0.1) is 0 Å². The van der Waals surface area contributed by atoms with Crippen LogP contribution < -0.4 is 10.9 Å². The van der Waals surface area contributed by atoms with E-state index in [0.29, 0.717) is 5.56 Å². The molecule has 0 saturated carbocycles. The highest BCUT2D eigenvalue weighted by Gasteiger charge is 2.17. The topological polar surface area (TPSA) is 84.5 Å². The molecule has 0 aliphatic carbocycles. The molecule has 19 heavy (non-hydrogen) atoms. The molecule has 0 spiro atoms. The maximum absolute atomic E-state index is 11.6. The molecule has 0 aromatic heterocycles. The number of esters is 1. The third-order valence-electron chi connectivity index (χ3n) is 2.30. The highest BCUT2D eigenvalue weighted by atomic mass is 16.5. The van der Waals surface area contributed by atoms with Crippen LogP contribution in [-0.2, 0) is 14.3 Å². The van der Waals surface area contributed by atoms with Crippen LogP contribution in [0.5, 0.6) is 0 Å². The number of hydrogen-bond donors (Lipinski definition) is 2. The van der Waals surface area contributed by atoms with Gasteiger partial charge in [-0.3, -0.25) is 25.2 Å². The summed E-state index contributed by atoms with van der Waals surface area (Å²) in [5, 5.41) is 0. The fourth-order valence-electron chi connectivity index (χ4n) is 1.22. The summed E-state index contributed by atoms with van der Waals surface area (Å²) < 4.78 is 4.80. The molecule has 2 N–H and O–H groups in total. The fourth-order valence-corrected chi connectivity index (χ4v) is 1.22. The lowest BCUT2D eigenvalue weighted by atomic mass is 10.2. The number of rotatable bonds is 4. The highest BCUT2D eigenvalue weighted by molar-refractivity contribution is 5.95. The fraction of sp³-hybridized carbons (Fsp3) is 0.308. The van der Waals surface area contributed by atoms with Gasteiger partial charge in [-0.2, -0.15) is 0 Å². The number of hydrazine groups is 1. The van der Waals surface area contributed by atoms with Crippen LogP contribution in [0.2, 0.25) is 0 Å². The number of nitrogens with one attached hydrogen (secondary N) is 2. The van der Waals surface area contributed by atoms with Crippen LogP contribution in [0.4, 0.5) is 0 Å². The summed E-state index contributed by atoms with van der Waals surface area (Å²) in [6.07, 6.45) is -0.767. The Hall–Kier alpha value is -2.37. The van der Waals surface area contributed by atoms with Crippen molar-refractivity contribution in [1.29, 1.82) is 0 Å². The smallest absolute Gasteiger partial charge is 0.306 e. The molecular formula is C13H16N2O4. The van der Waals surface area contributed by atoms with E-state index < -0.39 is 23.9 Å². The minimum Gasteiger partial charge on any atom is -0.452 e. The molecule has 1 aromatic carbocycles. The summed E-state index contributed by atoms with van der Waals surface area (Å²) in [6, 6.07) is 8.43. The zero-order valence-electron chi connectivity index (χ0n) is 10.8. The molecule has 0 bridgehead atoms. The Morgan fingerprint density at radius 2 is 1.79 bits per heavy atom. The molecule has 1 aromatic rings. The normalized spacial score (nSPS) is 11.3. The Bertz CT molecular complexity index is 459. The van der Waals surface area contributed by atoms with Crippen LogP contribution in [0, 0.1) is 0 Å². The molecule has 6 heteroatoms. The maximum atomic E-state index is 11.6. The third-order valence-corrected chi connectivity index (χ3v) is 2.30. The first-order valence-corrected chi connectivity index (χ1v) is 5.89. The SMILES string of the molecule is CCC(=O)O[C@@H](C)C(=O)NNC(=O)c1ccccc1. The van der Waals surface area contributed by atoms with Gasteiger partial charge in [-0.05, 0) is 19.1 Å². The van der Waals surface area contributed by atoms with Crippen molar-refractivity contribution in [1.82, 2.24) is 10.9 Å². The lowest BCUT2D eigenvalue weighted by Gasteiger charge is -2.13. The largest absolute Gasteiger partial charge is 0.452 e. The van der Waals surface area contributed by atoms with E-state index in [0.717, 1.165) is 0 Å². The average molecular weight is 264 g/mol. The standard InChI is InChI=1S/C13H16N2O4/c1-3-11(16)19-9(2)12(17)14-15-13(18)10-7-5-4-6-8-10/h4-9H,3H2,1-2H3,(H,14,17)(H,15,18)/t9-/m0/s1. The van der Waals surface area contributed by atoms with Gasteiger partial charge in [0.25, 0.3) is 11.8 Å². The molecular weight excluding hydrogens is 248 g/mol. The summed E-state index contributed by atoms with van der Waals surface area (Å²) in [6.45, 7) is 3.06. The van der Waals surface area contributed by atoms with E-state index in [1.165, 1.54) is 6.92 Å². The molecule has 1 atom stereocenters. The second-order valence-corrected chi connectivity index (χ2v) is 3.80. The maximum Gasteiger partial charge on any atom is 0.306 e. The van der Waals surface area contributed by atoms with Gasteiger partial charge < -0.3 is 4.74 Å². The van der Waals surface area contributed by atoms with E-state index in [4.69, 9.17) is 4.74 Å². The van der Waals surface area contributed by atoms with Crippen molar-refractivity contribution in [2.24, 2.45) is 0 Å². The van der Waals surface area contributed by atoms with Gasteiger partial charge in [0.1, 0.15) is 0 Å². The Kier molecular flexibility index (Phi) is 5.53. The van der Waals surface area contributed by atoms with E-state index in [9.17, 15) is 14.4 Å². The number of hydrogen-bond acceptors (Lipinski definition) is 4. The summed E-state index contributed by atoms with van der Waals surface area (Å²) in [5.41, 5.74) is 4.85. The van der Waals surface area contributed by atoms with Crippen LogP contribution in [0.15, 0.2) is 30.3 Å². The number of carbonyl (C=O) groups is 3. The molecule has 0 aliphatic rings. The van der Waals surface area contributed by atoms with Crippen molar-refractivity contribution in [3.05, 3.63) is 35.9 Å². The summed E-state index contributed by atoms with van der Waals surface area (Å²) in [4.78, 5) is 34.1. The van der Waals surface area contributed by atoms with Gasteiger partial charge in [0, 0.05) is 12.0 Å². The molecule has 0 fully saturated rings. The molecule has 2 amide bonds. The Labute approximate surface area is 111 Å². The zero-order valence-corrected chi connectivity index (χ0v) is 10.8. The zero-order chi connectivity index (χ0) is 14.3. The minimum absolute atomic E-state index is 0.188. The van der Waals surface area contributed by atoms with Crippen molar-refractivity contribution in [3.63, 3.8) is 0 Å². The molecule has 102 valence electrons. The second-order valence-electron chi connectivity index (χ2n) is 3.80. The van der Waals surface area contributed by atoms with Gasteiger partial charge in [-0.1, -0.05) is 25.1 Å². The Balaban J connectivity index is 2.42. The molecule has 0 saturated heterocycles. The lowest BCUT2D eigenvalue weighted by molar-refractivity contribution is -0.154. The molecule has 1 rings (SSSR count). The van der Waals surface area contributed by atoms with Crippen molar-refractivity contribution in [2.75, 3.05) is 0 Å². The molecule has 0 aliphatic heterocycles. The van der Waals surface area contributed by atoms with Crippen molar-refractivity contribution < 1.29 is 19.1 Å². The first kappa shape index (κ1) is 14.7. The molecule has 0 unspecified atom stereocenters. The van der Waals surface area contributed by atoms with E-state index in [2.05, 4.69) is 10.9 Å². The van der Waals surface area contributed by atoms with Gasteiger partial charge in [0.2, 0.25) is 0 Å². The van der Waals surface area contributed by atoms with Gasteiger partial charge in [0.15, 0.2) is 6.10 Å². The predicted molar refractivity (Wildman–Crippen MR) is 67.9 cm³/mol. The minimum atomic E-state index is -0.955. The van der Waals surface area contributed by atoms with Crippen molar-refractivity contribution in [2.45, 2.75) is 26.4 Å². The molecule has 0 radical (unpaired) electrons. The van der Waals surface area contributed by atoms with Crippen LogP contribution in [0.1, 0.15) is 30.6 Å². The monoisotopic (exact) mass is 264 g/mol. The van der Waals surface area contributed by atoms with E-state index in [1.807, 2.05) is 0 Å². The van der Waals surface area contributed by atoms with Crippen LogP contribution in [-0.4, -0.2) is 23.9 Å². The lowest BCUT2D eigenvalue weighted by Crippen LogP contribution is -2.46. The Morgan fingerprint density at radius 3 is 2.37 bits per heavy atom. The van der Waals surface area contributed by atoms with Crippen LogP contribution in [0.3, 0.4) is 0 Å². The first-order valence-electron chi connectivity index (χ1n) is 5.89. The second kappa shape index (κ2) is 7.15. The third kappa shape index (κ3) is 4.79. The van der Waals surface area contributed by atoms with Gasteiger partial charge >= 0.3 is 5.97 Å². The van der Waals surface area contributed by atoms with E-state index in [1.54, 1.807) is 37.3 Å². The molecule has 6 nitrogen and oxygen atoms in total. The summed E-state index contributed by atoms with van der Waals surface area (Å²) in [5.74, 6) is -1.51. The average Bonchev–Trinajstić information content (AvgIpc) is 2.44. The van der Waals surface area contributed by atoms with Gasteiger partial charge in [0.05, 0.1) is 0 Å². The van der Waals surface area contributed by atoms with E-state index in [-0.39, 0.29) is 6.42 Å². The summed E-state index contributed by atoms with van der Waals surface area (Å²) >= 11 is 0. The number of carbonyl (C=O) groups excluding carboxylic acids is 3. The number of benzene rings is 1. The quantitative estimate of drug-likeness (QED) is 0.622. The summed E-state index contributed by atoms with van der Waals surface area (Å²) in [7, 11) is 0. The predicted octanol–water partition coefficient (Wildman–Crippen LogP) is 0.789. The number of ether oxygens (including phenoxy) is 1.